The number of nitrogens with one attached hydrogen (secondary N) is 1. The summed E-state index contributed by atoms with van der Waals surface area (Å²) in [6.07, 6.45) is 6.26. The number of benzene rings is 2. The Morgan fingerprint density at radius 1 is 0.964 bits per heavy atom. The summed E-state index contributed by atoms with van der Waals surface area (Å²) < 4.78 is 28.3. The molecule has 0 unspecified atom stereocenters. The van der Waals surface area contributed by atoms with Crippen molar-refractivity contribution >= 4 is 28.2 Å². The zero-order chi connectivity index (χ0) is 19.7. The number of hydrogen-bond acceptors (Lipinski definition) is 4. The molecule has 1 N–H and O–H groups in total. The first kappa shape index (κ1) is 18.3. The first-order valence-corrected chi connectivity index (χ1v) is 8.96. The van der Waals surface area contributed by atoms with Gasteiger partial charge in [-0.05, 0) is 42.8 Å². The maximum absolute atomic E-state index is 14.5. The van der Waals surface area contributed by atoms with Crippen LogP contribution < -0.4 is 5.32 Å². The fourth-order valence-corrected chi connectivity index (χ4v) is 3.29. The fourth-order valence-electron chi connectivity index (χ4n) is 3.08. The van der Waals surface area contributed by atoms with Crippen molar-refractivity contribution in [2.75, 3.05) is 5.32 Å². The molecule has 0 fully saturated rings. The second kappa shape index (κ2) is 7.48. The topological polar surface area (TPSA) is 50.7 Å². The maximum atomic E-state index is 14.5. The van der Waals surface area contributed by atoms with Gasteiger partial charge in [0.05, 0.1) is 22.3 Å². The zero-order valence-corrected chi connectivity index (χ0v) is 15.6. The Morgan fingerprint density at radius 3 is 2.54 bits per heavy atom. The van der Waals surface area contributed by atoms with Crippen LogP contribution in [0.2, 0.25) is 5.02 Å². The van der Waals surface area contributed by atoms with Crippen LogP contribution >= 0.6 is 11.6 Å². The Morgan fingerprint density at radius 2 is 1.75 bits per heavy atom. The van der Waals surface area contributed by atoms with E-state index in [4.69, 9.17) is 11.6 Å². The number of aromatic nitrogens is 3. The van der Waals surface area contributed by atoms with Crippen molar-refractivity contribution < 1.29 is 8.78 Å². The minimum absolute atomic E-state index is 0.331. The van der Waals surface area contributed by atoms with Crippen LogP contribution in [0.3, 0.4) is 0 Å². The van der Waals surface area contributed by atoms with Crippen LogP contribution in [0.4, 0.5) is 14.5 Å². The average Bonchev–Trinajstić information content (AvgIpc) is 2.71. The third kappa shape index (κ3) is 3.51. The first-order valence-electron chi connectivity index (χ1n) is 8.58. The van der Waals surface area contributed by atoms with Crippen molar-refractivity contribution in [1.82, 2.24) is 15.0 Å². The van der Waals surface area contributed by atoms with Crippen LogP contribution in [0.15, 0.2) is 61.3 Å². The van der Waals surface area contributed by atoms with Gasteiger partial charge in [-0.3, -0.25) is 4.98 Å². The van der Waals surface area contributed by atoms with Gasteiger partial charge in [-0.15, -0.1) is 0 Å². The summed E-state index contributed by atoms with van der Waals surface area (Å²) in [4.78, 5) is 12.2. The van der Waals surface area contributed by atoms with Crippen LogP contribution in [0.25, 0.3) is 22.0 Å². The SMILES string of the molecule is C[C@@H](Nc1c(Cl)cnc2ccc(F)cc12)c1cc(-c2cncnc2)ccc1F. The normalized spacial score (nSPS) is 12.1. The maximum Gasteiger partial charge on any atom is 0.128 e. The van der Waals surface area contributed by atoms with Gasteiger partial charge in [0.25, 0.3) is 0 Å². The van der Waals surface area contributed by atoms with Gasteiger partial charge < -0.3 is 5.32 Å². The molecule has 0 amide bonds. The van der Waals surface area contributed by atoms with Gasteiger partial charge in [-0.2, -0.15) is 0 Å². The van der Waals surface area contributed by atoms with E-state index in [0.717, 1.165) is 11.1 Å². The van der Waals surface area contributed by atoms with Crippen molar-refractivity contribution in [1.29, 1.82) is 0 Å². The number of rotatable bonds is 4. The Balaban J connectivity index is 1.73. The summed E-state index contributed by atoms with van der Waals surface area (Å²) in [7, 11) is 0. The van der Waals surface area contributed by atoms with Gasteiger partial charge in [0.2, 0.25) is 0 Å². The minimum atomic E-state index is -0.434. The largest absolute Gasteiger partial charge is 0.377 e. The summed E-state index contributed by atoms with van der Waals surface area (Å²) in [6.45, 7) is 1.81. The molecule has 0 saturated carbocycles. The first-order chi connectivity index (χ1) is 13.5. The lowest BCUT2D eigenvalue weighted by Crippen LogP contribution is -2.10. The molecule has 0 bridgehead atoms. The van der Waals surface area contributed by atoms with Crippen molar-refractivity contribution in [3.63, 3.8) is 0 Å². The molecule has 2 aromatic carbocycles. The number of anilines is 1. The van der Waals surface area contributed by atoms with E-state index in [9.17, 15) is 8.78 Å². The van der Waals surface area contributed by atoms with E-state index in [-0.39, 0.29) is 5.82 Å². The minimum Gasteiger partial charge on any atom is -0.377 e. The lowest BCUT2D eigenvalue weighted by molar-refractivity contribution is 0.600. The van der Waals surface area contributed by atoms with Gasteiger partial charge >= 0.3 is 0 Å². The van der Waals surface area contributed by atoms with E-state index in [1.54, 1.807) is 30.6 Å². The molecule has 0 aliphatic carbocycles. The lowest BCUT2D eigenvalue weighted by Gasteiger charge is -2.19. The average molecular weight is 397 g/mol. The molecule has 0 aliphatic rings. The van der Waals surface area contributed by atoms with Gasteiger partial charge in [0.15, 0.2) is 0 Å². The summed E-state index contributed by atoms with van der Waals surface area (Å²) in [5.74, 6) is -0.759. The molecule has 4 rings (SSSR count). The van der Waals surface area contributed by atoms with Crippen molar-refractivity contribution in [2.24, 2.45) is 0 Å². The summed E-state index contributed by atoms with van der Waals surface area (Å²) in [5, 5.41) is 4.07. The van der Waals surface area contributed by atoms with Crippen LogP contribution in [-0.2, 0) is 0 Å². The lowest BCUT2D eigenvalue weighted by atomic mass is 10.0. The van der Waals surface area contributed by atoms with Crippen LogP contribution in [0.5, 0.6) is 0 Å². The van der Waals surface area contributed by atoms with Crippen LogP contribution in [0, 0.1) is 11.6 Å². The Kier molecular flexibility index (Phi) is 4.88. The third-order valence-corrected chi connectivity index (χ3v) is 4.79. The number of fused-ring (bicyclic) bond motifs is 1. The molecule has 140 valence electrons. The van der Waals surface area contributed by atoms with E-state index in [1.165, 1.54) is 30.7 Å². The smallest absolute Gasteiger partial charge is 0.128 e. The van der Waals surface area contributed by atoms with Crippen molar-refractivity contribution in [3.8, 4) is 11.1 Å². The molecule has 2 aromatic heterocycles. The van der Waals surface area contributed by atoms with E-state index < -0.39 is 11.9 Å². The van der Waals surface area contributed by atoms with Gasteiger partial charge in [0.1, 0.15) is 18.0 Å². The standard InChI is InChI=1S/C21H15ClF2N4/c1-12(16-6-13(2-4-19(16)24)14-8-25-11-26-9-14)28-21-17-7-15(23)3-5-20(17)27-10-18(21)22/h2-12H,1H3,(H,27,28)/t12-/m1/s1. The van der Waals surface area contributed by atoms with E-state index in [0.29, 0.717) is 27.2 Å². The molecule has 4 aromatic rings. The highest BCUT2D eigenvalue weighted by Gasteiger charge is 2.16. The summed E-state index contributed by atoms with van der Waals surface area (Å²) >= 11 is 6.30. The number of nitrogens with zero attached hydrogens (tertiary/aromatic N) is 3. The van der Waals surface area contributed by atoms with Crippen molar-refractivity contribution in [3.05, 3.63) is 83.5 Å². The molecule has 0 saturated heterocycles. The van der Waals surface area contributed by atoms with E-state index in [1.807, 2.05) is 6.92 Å². The molecule has 0 aliphatic heterocycles. The molecule has 0 radical (unpaired) electrons. The molecule has 28 heavy (non-hydrogen) atoms. The van der Waals surface area contributed by atoms with Crippen molar-refractivity contribution in [2.45, 2.75) is 13.0 Å². The zero-order valence-electron chi connectivity index (χ0n) is 14.8. The second-order valence-electron chi connectivity index (χ2n) is 6.37. The van der Waals surface area contributed by atoms with E-state index >= 15 is 0 Å². The highest BCUT2D eigenvalue weighted by molar-refractivity contribution is 6.34. The highest BCUT2D eigenvalue weighted by Crippen LogP contribution is 2.34. The molecule has 2 heterocycles. The Hall–Kier alpha value is -3.12. The van der Waals surface area contributed by atoms with E-state index in [2.05, 4.69) is 20.3 Å². The predicted molar refractivity (Wildman–Crippen MR) is 106 cm³/mol. The monoisotopic (exact) mass is 396 g/mol. The quantitative estimate of drug-likeness (QED) is 0.474. The third-order valence-electron chi connectivity index (χ3n) is 4.50. The van der Waals surface area contributed by atoms with Crippen LogP contribution in [-0.4, -0.2) is 15.0 Å². The molecule has 0 spiro atoms. The second-order valence-corrected chi connectivity index (χ2v) is 6.78. The van der Waals surface area contributed by atoms with Crippen LogP contribution in [0.1, 0.15) is 18.5 Å². The predicted octanol–water partition coefficient (Wildman–Crippen LogP) is 5.80. The molecule has 1 atom stereocenters. The number of halogens is 3. The Labute approximate surface area is 165 Å². The number of hydrogen-bond donors (Lipinski definition) is 1. The molecule has 4 nitrogen and oxygen atoms in total. The molecular formula is C21H15ClF2N4. The molecular weight excluding hydrogens is 382 g/mol. The van der Waals surface area contributed by atoms with Gasteiger partial charge in [0, 0.05) is 35.1 Å². The van der Waals surface area contributed by atoms with Gasteiger partial charge in [-0.25, -0.2) is 18.7 Å². The summed E-state index contributed by atoms with van der Waals surface area (Å²) in [5.41, 5.74) is 3.12. The number of pyridine rings is 1. The molecule has 7 heteroatoms. The highest BCUT2D eigenvalue weighted by atomic mass is 35.5. The summed E-state index contributed by atoms with van der Waals surface area (Å²) in [6, 6.07) is 8.66. The Bertz CT molecular complexity index is 1150. The fraction of sp³-hybridized carbons (Fsp3) is 0.0952. The van der Waals surface area contributed by atoms with Gasteiger partial charge in [-0.1, -0.05) is 17.7 Å².